The zero-order valence-electron chi connectivity index (χ0n) is 10.5. The Kier molecular flexibility index (Phi) is 3.86. The Balaban J connectivity index is 2.00. The molecule has 2 aliphatic carbocycles. The Bertz CT molecular complexity index is 262. The Labute approximate surface area is 99.4 Å². The van der Waals surface area contributed by atoms with Crippen molar-refractivity contribution in [2.24, 2.45) is 5.92 Å². The van der Waals surface area contributed by atoms with Crippen LogP contribution in [-0.4, -0.2) is 11.6 Å². The highest BCUT2D eigenvalue weighted by Gasteiger charge is 2.39. The van der Waals surface area contributed by atoms with Crippen molar-refractivity contribution in [1.82, 2.24) is 5.32 Å². The molecule has 2 nitrogen and oxygen atoms in total. The summed E-state index contributed by atoms with van der Waals surface area (Å²) in [5.41, 5.74) is -0.208. The van der Waals surface area contributed by atoms with E-state index in [0.717, 1.165) is 6.42 Å². The first-order chi connectivity index (χ1) is 7.77. The number of rotatable bonds is 2. The summed E-state index contributed by atoms with van der Waals surface area (Å²) in [5, 5.41) is 13.2. The molecule has 0 aromatic heterocycles. The highest BCUT2D eigenvalue weighted by molar-refractivity contribution is 5.12. The van der Waals surface area contributed by atoms with Crippen LogP contribution in [0, 0.1) is 17.2 Å². The third kappa shape index (κ3) is 2.40. The van der Waals surface area contributed by atoms with Crippen molar-refractivity contribution < 1.29 is 0 Å². The van der Waals surface area contributed by atoms with Crippen molar-refractivity contribution in [2.45, 2.75) is 76.3 Å². The fourth-order valence-electron chi connectivity index (χ4n) is 3.37. The van der Waals surface area contributed by atoms with Gasteiger partial charge in [-0.1, -0.05) is 39.0 Å². The van der Waals surface area contributed by atoms with E-state index in [0.29, 0.717) is 12.0 Å². The lowest BCUT2D eigenvalue weighted by Crippen LogP contribution is -2.55. The summed E-state index contributed by atoms with van der Waals surface area (Å²) in [7, 11) is 0. The Hall–Kier alpha value is -0.550. The monoisotopic (exact) mass is 220 g/mol. The van der Waals surface area contributed by atoms with Crippen molar-refractivity contribution in [1.29, 1.82) is 5.26 Å². The van der Waals surface area contributed by atoms with Crippen LogP contribution in [0.3, 0.4) is 0 Å². The van der Waals surface area contributed by atoms with Gasteiger partial charge in [-0.25, -0.2) is 0 Å². The minimum Gasteiger partial charge on any atom is -0.296 e. The molecule has 2 saturated carbocycles. The van der Waals surface area contributed by atoms with Crippen molar-refractivity contribution in [3.63, 3.8) is 0 Å². The molecule has 2 atom stereocenters. The van der Waals surface area contributed by atoms with Crippen LogP contribution in [-0.2, 0) is 0 Å². The van der Waals surface area contributed by atoms with Crippen molar-refractivity contribution in [3.05, 3.63) is 0 Å². The van der Waals surface area contributed by atoms with Crippen LogP contribution in [0.5, 0.6) is 0 Å². The molecule has 0 bridgehead atoms. The number of nitrogens with one attached hydrogen (secondary N) is 1. The molecule has 0 aromatic carbocycles. The molecule has 16 heavy (non-hydrogen) atoms. The van der Waals surface area contributed by atoms with Gasteiger partial charge in [0.05, 0.1) is 6.07 Å². The van der Waals surface area contributed by atoms with E-state index in [1.807, 2.05) is 0 Å². The molecule has 0 radical (unpaired) electrons. The van der Waals surface area contributed by atoms with E-state index in [1.54, 1.807) is 0 Å². The largest absolute Gasteiger partial charge is 0.296 e. The van der Waals surface area contributed by atoms with E-state index in [1.165, 1.54) is 51.4 Å². The van der Waals surface area contributed by atoms with Gasteiger partial charge in [-0.05, 0) is 31.6 Å². The number of hydrogen-bond donors (Lipinski definition) is 1. The standard InChI is InChI=1S/C14H24N2/c1-12-7-5-6-10-14(12,11-15)16-13-8-3-2-4-9-13/h12-13,16H,2-10H2,1H3. The lowest BCUT2D eigenvalue weighted by atomic mass is 9.73. The summed E-state index contributed by atoms with van der Waals surface area (Å²) in [6.45, 7) is 2.25. The molecule has 2 fully saturated rings. The van der Waals surface area contributed by atoms with Gasteiger partial charge in [0.25, 0.3) is 0 Å². The first-order valence-electron chi connectivity index (χ1n) is 6.96. The normalized spacial score (nSPS) is 36.9. The molecule has 0 aliphatic heterocycles. The average molecular weight is 220 g/mol. The zero-order chi connectivity index (χ0) is 11.4. The molecule has 0 spiro atoms. The Morgan fingerprint density at radius 3 is 2.38 bits per heavy atom. The lowest BCUT2D eigenvalue weighted by Gasteiger charge is -2.41. The van der Waals surface area contributed by atoms with Crippen LogP contribution in [0.4, 0.5) is 0 Å². The minimum atomic E-state index is -0.208. The van der Waals surface area contributed by atoms with Crippen LogP contribution in [0.25, 0.3) is 0 Å². The van der Waals surface area contributed by atoms with E-state index in [2.05, 4.69) is 18.3 Å². The second kappa shape index (κ2) is 5.19. The van der Waals surface area contributed by atoms with E-state index in [9.17, 15) is 5.26 Å². The first kappa shape index (κ1) is 11.9. The van der Waals surface area contributed by atoms with Gasteiger partial charge in [0, 0.05) is 6.04 Å². The van der Waals surface area contributed by atoms with Crippen LogP contribution in [0.15, 0.2) is 0 Å². The van der Waals surface area contributed by atoms with Gasteiger partial charge in [0.15, 0.2) is 0 Å². The predicted octanol–water partition coefficient (Wildman–Crippen LogP) is 3.38. The lowest BCUT2D eigenvalue weighted by molar-refractivity contribution is 0.177. The zero-order valence-corrected chi connectivity index (χ0v) is 10.5. The summed E-state index contributed by atoms with van der Waals surface area (Å²) in [6.07, 6.45) is 11.4. The molecule has 2 rings (SSSR count). The smallest absolute Gasteiger partial charge is 0.109 e. The summed E-state index contributed by atoms with van der Waals surface area (Å²) in [5.74, 6) is 0.521. The van der Waals surface area contributed by atoms with Crippen molar-refractivity contribution in [2.75, 3.05) is 0 Å². The SMILES string of the molecule is CC1CCCCC1(C#N)NC1CCCCC1. The van der Waals surface area contributed by atoms with Gasteiger partial charge in [-0.2, -0.15) is 5.26 Å². The maximum atomic E-state index is 9.53. The summed E-state index contributed by atoms with van der Waals surface area (Å²) >= 11 is 0. The molecule has 0 heterocycles. The highest BCUT2D eigenvalue weighted by Crippen LogP contribution is 2.34. The first-order valence-corrected chi connectivity index (χ1v) is 6.96. The quantitative estimate of drug-likeness (QED) is 0.774. The topological polar surface area (TPSA) is 35.8 Å². The third-order valence-corrected chi connectivity index (χ3v) is 4.57. The number of hydrogen-bond acceptors (Lipinski definition) is 2. The highest BCUT2D eigenvalue weighted by atomic mass is 15.0. The molecular weight excluding hydrogens is 196 g/mol. The molecule has 90 valence electrons. The van der Waals surface area contributed by atoms with E-state index in [4.69, 9.17) is 0 Å². The average Bonchev–Trinajstić information content (AvgIpc) is 2.34. The van der Waals surface area contributed by atoms with Crippen molar-refractivity contribution >= 4 is 0 Å². The number of nitrogens with zero attached hydrogens (tertiary/aromatic N) is 1. The summed E-state index contributed by atoms with van der Waals surface area (Å²) < 4.78 is 0. The molecular formula is C14H24N2. The summed E-state index contributed by atoms with van der Waals surface area (Å²) in [4.78, 5) is 0. The maximum Gasteiger partial charge on any atom is 0.109 e. The van der Waals surface area contributed by atoms with Crippen LogP contribution in [0.1, 0.15) is 64.7 Å². The van der Waals surface area contributed by atoms with Crippen LogP contribution in [0.2, 0.25) is 0 Å². The van der Waals surface area contributed by atoms with Gasteiger partial charge in [-0.3, -0.25) is 5.32 Å². The molecule has 0 amide bonds. The van der Waals surface area contributed by atoms with Gasteiger partial charge < -0.3 is 0 Å². The van der Waals surface area contributed by atoms with Gasteiger partial charge in [-0.15, -0.1) is 0 Å². The fourth-order valence-corrected chi connectivity index (χ4v) is 3.37. The Morgan fingerprint density at radius 1 is 1.06 bits per heavy atom. The maximum absolute atomic E-state index is 9.53. The van der Waals surface area contributed by atoms with Gasteiger partial charge in [0.1, 0.15) is 5.54 Å². The van der Waals surface area contributed by atoms with Gasteiger partial charge >= 0.3 is 0 Å². The van der Waals surface area contributed by atoms with Crippen LogP contribution < -0.4 is 5.32 Å². The molecule has 2 heteroatoms. The summed E-state index contributed by atoms with van der Waals surface area (Å²) in [6, 6.07) is 3.21. The van der Waals surface area contributed by atoms with E-state index < -0.39 is 0 Å². The second-order valence-electron chi connectivity index (χ2n) is 5.71. The van der Waals surface area contributed by atoms with Crippen LogP contribution >= 0.6 is 0 Å². The predicted molar refractivity (Wildman–Crippen MR) is 66.0 cm³/mol. The van der Waals surface area contributed by atoms with E-state index >= 15 is 0 Å². The van der Waals surface area contributed by atoms with Crippen molar-refractivity contribution in [3.8, 4) is 6.07 Å². The molecule has 0 saturated heterocycles. The van der Waals surface area contributed by atoms with E-state index in [-0.39, 0.29) is 5.54 Å². The Morgan fingerprint density at radius 2 is 1.75 bits per heavy atom. The molecule has 1 N–H and O–H groups in total. The fraction of sp³-hybridized carbons (Fsp3) is 0.929. The molecule has 0 aromatic rings. The van der Waals surface area contributed by atoms with Gasteiger partial charge in [0.2, 0.25) is 0 Å². The third-order valence-electron chi connectivity index (χ3n) is 4.57. The minimum absolute atomic E-state index is 0.208. The molecule has 2 aliphatic rings. The second-order valence-corrected chi connectivity index (χ2v) is 5.71. The molecule has 2 unspecified atom stereocenters. The number of nitriles is 1.